The number of benzene rings is 1. The number of thiophene rings is 1. The summed E-state index contributed by atoms with van der Waals surface area (Å²) >= 11 is 1.64. The lowest BCUT2D eigenvalue weighted by molar-refractivity contribution is -0.126. The summed E-state index contributed by atoms with van der Waals surface area (Å²) in [7, 11) is 0. The van der Waals surface area contributed by atoms with Crippen LogP contribution in [-0.2, 0) is 11.2 Å². The minimum absolute atomic E-state index is 0.00778. The minimum Gasteiger partial charge on any atom is -0.459 e. The lowest BCUT2D eigenvalue weighted by Gasteiger charge is -2.32. The Bertz CT molecular complexity index is 1010. The van der Waals surface area contributed by atoms with Gasteiger partial charge in [-0.15, -0.1) is 11.3 Å². The molecule has 0 spiro atoms. The lowest BCUT2D eigenvalue weighted by atomic mass is 9.95. The Kier molecular flexibility index (Phi) is 7.10. The smallest absolute Gasteiger partial charge is 0.289 e. The highest BCUT2D eigenvalue weighted by molar-refractivity contribution is 7.10. The molecular weight excluding hydrogens is 420 g/mol. The quantitative estimate of drug-likeness (QED) is 0.531. The predicted octanol–water partition coefficient (Wildman–Crippen LogP) is 5.30. The van der Waals surface area contributed by atoms with Crippen LogP contribution in [-0.4, -0.2) is 29.8 Å². The summed E-state index contributed by atoms with van der Waals surface area (Å²) in [6, 6.07) is 15.8. The largest absolute Gasteiger partial charge is 0.459 e. The molecule has 1 fully saturated rings. The molecule has 0 aliphatic carbocycles. The van der Waals surface area contributed by atoms with Gasteiger partial charge in [0, 0.05) is 18.0 Å². The molecule has 32 heavy (non-hydrogen) atoms. The van der Waals surface area contributed by atoms with Crippen molar-refractivity contribution in [2.45, 2.75) is 39.2 Å². The second-order valence-electron chi connectivity index (χ2n) is 8.86. The first-order valence-corrected chi connectivity index (χ1v) is 12.1. The van der Waals surface area contributed by atoms with Gasteiger partial charge < -0.3 is 14.6 Å². The van der Waals surface area contributed by atoms with Crippen LogP contribution >= 0.6 is 11.3 Å². The van der Waals surface area contributed by atoms with Crippen molar-refractivity contribution in [2.75, 3.05) is 13.1 Å². The number of furan rings is 1. The standard InChI is InChI=1S/C26H30N2O3S/c1-18(2)16-19-9-11-20(12-10-19)24(23-8-5-15-32-23)27-25(29)21-6-3-13-28(17-21)26(30)22-7-4-14-31-22/h4-5,7-12,14-15,18,21,24H,3,6,13,16-17H2,1-2H3,(H,27,29). The molecule has 1 N–H and O–H groups in total. The van der Waals surface area contributed by atoms with Gasteiger partial charge in [-0.3, -0.25) is 9.59 Å². The molecule has 0 radical (unpaired) electrons. The molecule has 6 heteroatoms. The fourth-order valence-corrected chi connectivity index (χ4v) is 5.09. The zero-order valence-electron chi connectivity index (χ0n) is 18.6. The summed E-state index contributed by atoms with van der Waals surface area (Å²) in [5.74, 6) is 0.538. The van der Waals surface area contributed by atoms with Gasteiger partial charge in [0.15, 0.2) is 5.76 Å². The monoisotopic (exact) mass is 450 g/mol. The van der Waals surface area contributed by atoms with Crippen LogP contribution in [0.2, 0.25) is 0 Å². The fourth-order valence-electron chi connectivity index (χ4n) is 4.28. The van der Waals surface area contributed by atoms with Crippen molar-refractivity contribution in [1.29, 1.82) is 0 Å². The Morgan fingerprint density at radius 1 is 1.16 bits per heavy atom. The molecule has 5 nitrogen and oxygen atoms in total. The fraction of sp³-hybridized carbons (Fsp3) is 0.385. The Morgan fingerprint density at radius 3 is 2.62 bits per heavy atom. The van der Waals surface area contributed by atoms with Gasteiger partial charge in [0.05, 0.1) is 18.2 Å². The summed E-state index contributed by atoms with van der Waals surface area (Å²) in [6.07, 6.45) is 4.12. The average Bonchev–Trinajstić information content (AvgIpc) is 3.52. The summed E-state index contributed by atoms with van der Waals surface area (Å²) < 4.78 is 5.26. The second kappa shape index (κ2) is 10.2. The van der Waals surface area contributed by atoms with E-state index in [0.717, 1.165) is 29.7 Å². The van der Waals surface area contributed by atoms with Gasteiger partial charge in [0.2, 0.25) is 5.91 Å². The molecule has 1 saturated heterocycles. The van der Waals surface area contributed by atoms with Gasteiger partial charge in [0.1, 0.15) is 0 Å². The molecule has 1 aliphatic rings. The topological polar surface area (TPSA) is 62.6 Å². The van der Waals surface area contributed by atoms with Crippen LogP contribution in [0.3, 0.4) is 0 Å². The first kappa shape index (κ1) is 22.3. The first-order valence-electron chi connectivity index (χ1n) is 11.3. The van der Waals surface area contributed by atoms with Crippen LogP contribution < -0.4 is 5.32 Å². The summed E-state index contributed by atoms with van der Waals surface area (Å²) in [4.78, 5) is 28.8. The van der Waals surface area contributed by atoms with Crippen molar-refractivity contribution in [3.63, 3.8) is 0 Å². The van der Waals surface area contributed by atoms with Crippen LogP contribution in [0, 0.1) is 11.8 Å². The molecule has 2 aromatic heterocycles. The molecule has 3 heterocycles. The number of rotatable bonds is 7. The van der Waals surface area contributed by atoms with E-state index in [1.54, 1.807) is 28.4 Å². The highest BCUT2D eigenvalue weighted by Gasteiger charge is 2.31. The van der Waals surface area contributed by atoms with Crippen LogP contribution in [0.25, 0.3) is 0 Å². The van der Waals surface area contributed by atoms with Crippen molar-refractivity contribution in [2.24, 2.45) is 11.8 Å². The molecule has 2 unspecified atom stereocenters. The van der Waals surface area contributed by atoms with E-state index < -0.39 is 0 Å². The normalized spacial score (nSPS) is 17.3. The molecule has 1 aromatic carbocycles. The molecule has 1 aliphatic heterocycles. The highest BCUT2D eigenvalue weighted by Crippen LogP contribution is 2.28. The number of hydrogen-bond acceptors (Lipinski definition) is 4. The molecule has 0 bridgehead atoms. The van der Waals surface area contributed by atoms with Gasteiger partial charge in [-0.05, 0) is 59.9 Å². The number of piperidine rings is 1. The number of carbonyl (C=O) groups excluding carboxylic acids is 2. The van der Waals surface area contributed by atoms with Gasteiger partial charge in [-0.2, -0.15) is 0 Å². The molecule has 4 rings (SSSR count). The minimum atomic E-state index is -0.231. The zero-order chi connectivity index (χ0) is 22.5. The van der Waals surface area contributed by atoms with Crippen LogP contribution in [0.4, 0.5) is 0 Å². The third-order valence-electron chi connectivity index (χ3n) is 5.88. The van der Waals surface area contributed by atoms with Crippen molar-refractivity contribution in [1.82, 2.24) is 10.2 Å². The molecule has 3 aromatic rings. The number of nitrogens with zero attached hydrogens (tertiary/aromatic N) is 1. The van der Waals surface area contributed by atoms with Crippen molar-refractivity contribution in [3.8, 4) is 0 Å². The van der Waals surface area contributed by atoms with E-state index in [-0.39, 0.29) is 23.8 Å². The maximum atomic E-state index is 13.3. The molecular formula is C26H30N2O3S. The van der Waals surface area contributed by atoms with Crippen LogP contribution in [0.1, 0.15) is 59.3 Å². The van der Waals surface area contributed by atoms with Gasteiger partial charge in [0.25, 0.3) is 5.91 Å². The number of amides is 2. The Morgan fingerprint density at radius 2 is 1.97 bits per heavy atom. The summed E-state index contributed by atoms with van der Waals surface area (Å²) in [5.41, 5.74) is 2.38. The van der Waals surface area contributed by atoms with Crippen molar-refractivity contribution >= 4 is 23.2 Å². The number of likely N-dealkylation sites (tertiary alicyclic amines) is 1. The van der Waals surface area contributed by atoms with E-state index in [1.165, 1.54) is 11.8 Å². The predicted molar refractivity (Wildman–Crippen MR) is 127 cm³/mol. The molecule has 0 saturated carbocycles. The van der Waals surface area contributed by atoms with Crippen LogP contribution in [0.15, 0.2) is 64.6 Å². The number of hydrogen-bond donors (Lipinski definition) is 1. The zero-order valence-corrected chi connectivity index (χ0v) is 19.4. The third-order valence-corrected chi connectivity index (χ3v) is 6.82. The Hall–Kier alpha value is -2.86. The van der Waals surface area contributed by atoms with E-state index in [4.69, 9.17) is 4.42 Å². The maximum absolute atomic E-state index is 13.3. The van der Waals surface area contributed by atoms with E-state index in [9.17, 15) is 9.59 Å². The van der Waals surface area contributed by atoms with E-state index in [0.29, 0.717) is 24.8 Å². The lowest BCUT2D eigenvalue weighted by Crippen LogP contribution is -2.46. The van der Waals surface area contributed by atoms with Crippen molar-refractivity contribution < 1.29 is 14.0 Å². The Labute approximate surface area is 193 Å². The second-order valence-corrected chi connectivity index (χ2v) is 9.84. The average molecular weight is 451 g/mol. The highest BCUT2D eigenvalue weighted by atomic mass is 32.1. The van der Waals surface area contributed by atoms with Crippen LogP contribution in [0.5, 0.6) is 0 Å². The van der Waals surface area contributed by atoms with Crippen molar-refractivity contribution in [3.05, 3.63) is 81.9 Å². The molecule has 168 valence electrons. The molecule has 2 amide bonds. The number of carbonyl (C=O) groups is 2. The third kappa shape index (κ3) is 5.30. The molecule has 2 atom stereocenters. The SMILES string of the molecule is CC(C)Cc1ccc(C(NC(=O)C2CCCN(C(=O)c3ccco3)C2)c2cccs2)cc1. The van der Waals surface area contributed by atoms with E-state index >= 15 is 0 Å². The first-order chi connectivity index (χ1) is 15.5. The summed E-state index contributed by atoms with van der Waals surface area (Å²) in [6.45, 7) is 5.49. The van der Waals surface area contributed by atoms with Gasteiger partial charge in [-0.1, -0.05) is 44.2 Å². The number of nitrogens with one attached hydrogen (secondary N) is 1. The van der Waals surface area contributed by atoms with E-state index in [2.05, 4.69) is 49.5 Å². The van der Waals surface area contributed by atoms with Gasteiger partial charge >= 0.3 is 0 Å². The summed E-state index contributed by atoms with van der Waals surface area (Å²) in [5, 5.41) is 5.30. The van der Waals surface area contributed by atoms with E-state index in [1.807, 2.05) is 11.4 Å². The van der Waals surface area contributed by atoms with Gasteiger partial charge in [-0.25, -0.2) is 0 Å². The maximum Gasteiger partial charge on any atom is 0.289 e. The Balaban J connectivity index is 1.47.